The van der Waals surface area contributed by atoms with Crippen molar-refractivity contribution in [3.63, 3.8) is 0 Å². The summed E-state index contributed by atoms with van der Waals surface area (Å²) in [6.45, 7) is 3.94. The zero-order chi connectivity index (χ0) is 17.4. The van der Waals surface area contributed by atoms with Crippen molar-refractivity contribution < 1.29 is 9.32 Å². The Hall–Kier alpha value is -2.96. The lowest BCUT2D eigenvalue weighted by atomic mass is 9.87. The Morgan fingerprint density at radius 2 is 2.28 bits per heavy atom. The van der Waals surface area contributed by atoms with Crippen molar-refractivity contribution in [2.45, 2.75) is 33.1 Å². The average molecular weight is 337 g/mol. The number of aryl methyl sites for hydroxylation is 2. The number of carbonyl (C=O) groups is 1. The van der Waals surface area contributed by atoms with Crippen molar-refractivity contribution >= 4 is 11.6 Å². The number of H-pyrrole nitrogens is 1. The number of carbonyl (C=O) groups excluding carboxylic acids is 1. The highest BCUT2D eigenvalue weighted by Crippen LogP contribution is 2.27. The van der Waals surface area contributed by atoms with Gasteiger partial charge in [0, 0.05) is 29.4 Å². The number of aromatic amines is 1. The van der Waals surface area contributed by atoms with Crippen LogP contribution in [-0.4, -0.2) is 26.2 Å². The van der Waals surface area contributed by atoms with Gasteiger partial charge in [-0.15, -0.1) is 0 Å². The zero-order valence-electron chi connectivity index (χ0n) is 14.2. The summed E-state index contributed by atoms with van der Waals surface area (Å²) in [6, 6.07) is 7.37. The lowest BCUT2D eigenvalue weighted by Gasteiger charge is -2.18. The van der Waals surface area contributed by atoms with Crippen LogP contribution in [-0.2, 0) is 12.8 Å². The van der Waals surface area contributed by atoms with Crippen LogP contribution in [0.15, 0.2) is 28.8 Å². The van der Waals surface area contributed by atoms with Crippen LogP contribution in [0.4, 0.5) is 5.69 Å². The van der Waals surface area contributed by atoms with Crippen LogP contribution in [0.25, 0.3) is 11.4 Å². The van der Waals surface area contributed by atoms with Gasteiger partial charge in [-0.2, -0.15) is 10.1 Å². The Morgan fingerprint density at radius 3 is 3.08 bits per heavy atom. The third-order valence-corrected chi connectivity index (χ3v) is 4.51. The largest absolute Gasteiger partial charge is 0.339 e. The van der Waals surface area contributed by atoms with Gasteiger partial charge in [0.1, 0.15) is 0 Å². The lowest BCUT2D eigenvalue weighted by molar-refractivity contribution is 0.102. The van der Waals surface area contributed by atoms with E-state index in [2.05, 4.69) is 32.6 Å². The number of benzene rings is 1. The fourth-order valence-corrected chi connectivity index (χ4v) is 3.20. The van der Waals surface area contributed by atoms with Crippen molar-refractivity contribution in [2.75, 3.05) is 5.32 Å². The van der Waals surface area contributed by atoms with E-state index in [0.717, 1.165) is 36.1 Å². The average Bonchev–Trinajstić information content (AvgIpc) is 3.21. The van der Waals surface area contributed by atoms with Gasteiger partial charge in [0.2, 0.25) is 11.7 Å². The molecule has 2 aromatic heterocycles. The normalized spacial score (nSPS) is 16.5. The summed E-state index contributed by atoms with van der Waals surface area (Å²) in [7, 11) is 0. The van der Waals surface area contributed by atoms with E-state index in [0.29, 0.717) is 29.0 Å². The van der Waals surface area contributed by atoms with Gasteiger partial charge in [-0.25, -0.2) is 0 Å². The predicted molar refractivity (Wildman–Crippen MR) is 92.2 cm³/mol. The van der Waals surface area contributed by atoms with Gasteiger partial charge in [-0.05, 0) is 37.3 Å². The maximum Gasteiger partial charge on any atom is 0.276 e. The van der Waals surface area contributed by atoms with E-state index in [9.17, 15) is 4.79 Å². The molecule has 0 saturated heterocycles. The van der Waals surface area contributed by atoms with Crippen molar-refractivity contribution in [1.82, 2.24) is 20.3 Å². The van der Waals surface area contributed by atoms with Gasteiger partial charge in [0.15, 0.2) is 5.69 Å². The number of hydrogen-bond donors (Lipinski definition) is 2. The monoisotopic (exact) mass is 337 g/mol. The molecule has 4 rings (SSSR count). The first kappa shape index (κ1) is 15.6. The minimum absolute atomic E-state index is 0.201. The third-order valence-electron chi connectivity index (χ3n) is 4.51. The van der Waals surface area contributed by atoms with E-state index in [-0.39, 0.29) is 5.91 Å². The highest BCUT2D eigenvalue weighted by molar-refractivity contribution is 6.04. The molecule has 2 N–H and O–H groups in total. The molecule has 1 aromatic carbocycles. The minimum atomic E-state index is -0.201. The van der Waals surface area contributed by atoms with Crippen LogP contribution >= 0.6 is 0 Å². The van der Waals surface area contributed by atoms with Crippen molar-refractivity contribution in [3.8, 4) is 11.4 Å². The molecule has 1 aliphatic carbocycles. The fourth-order valence-electron chi connectivity index (χ4n) is 3.20. The summed E-state index contributed by atoms with van der Waals surface area (Å²) in [5, 5.41) is 14.1. The molecule has 2 heterocycles. The van der Waals surface area contributed by atoms with E-state index in [1.807, 2.05) is 24.3 Å². The van der Waals surface area contributed by atoms with Crippen LogP contribution in [0.1, 0.15) is 41.0 Å². The predicted octanol–water partition coefficient (Wildman–Crippen LogP) is 3.15. The molecule has 1 unspecified atom stereocenters. The lowest BCUT2D eigenvalue weighted by Crippen LogP contribution is -2.17. The van der Waals surface area contributed by atoms with Gasteiger partial charge in [-0.1, -0.05) is 24.2 Å². The van der Waals surface area contributed by atoms with Gasteiger partial charge in [0.05, 0.1) is 0 Å². The summed E-state index contributed by atoms with van der Waals surface area (Å²) in [5.41, 5.74) is 4.07. The Bertz CT molecular complexity index is 927. The van der Waals surface area contributed by atoms with Crippen molar-refractivity contribution in [3.05, 3.63) is 47.1 Å². The molecule has 1 amide bonds. The van der Waals surface area contributed by atoms with E-state index < -0.39 is 0 Å². The molecular weight excluding hydrogens is 318 g/mol. The standard InChI is InChI=1S/C18H19N5O2/c1-10-6-7-15-14(8-10)16(22-21-15)18(24)20-13-5-3-4-12(9-13)17-19-11(2)25-23-17/h3-5,9-10H,6-8H2,1-2H3,(H,20,24)(H,21,22). The smallest absolute Gasteiger partial charge is 0.276 e. The third kappa shape index (κ3) is 3.05. The van der Waals surface area contributed by atoms with Gasteiger partial charge in [-0.3, -0.25) is 9.89 Å². The molecule has 25 heavy (non-hydrogen) atoms. The molecule has 0 fully saturated rings. The first-order valence-corrected chi connectivity index (χ1v) is 8.38. The SMILES string of the molecule is Cc1nc(-c2cccc(NC(=O)c3n[nH]c4c3CC(C)CC4)c2)no1. The van der Waals surface area contributed by atoms with E-state index in [1.165, 1.54) is 0 Å². The summed E-state index contributed by atoms with van der Waals surface area (Å²) < 4.78 is 5.01. The van der Waals surface area contributed by atoms with Crippen LogP contribution in [0.2, 0.25) is 0 Å². The zero-order valence-corrected chi connectivity index (χ0v) is 14.2. The number of hydrogen-bond acceptors (Lipinski definition) is 5. The summed E-state index contributed by atoms with van der Waals surface area (Å²) in [4.78, 5) is 16.9. The van der Waals surface area contributed by atoms with Crippen LogP contribution in [0.5, 0.6) is 0 Å². The van der Waals surface area contributed by atoms with Crippen LogP contribution in [0.3, 0.4) is 0 Å². The topological polar surface area (TPSA) is 96.7 Å². The molecule has 7 nitrogen and oxygen atoms in total. The minimum Gasteiger partial charge on any atom is -0.339 e. The molecule has 0 bridgehead atoms. The van der Waals surface area contributed by atoms with Gasteiger partial charge in [0.25, 0.3) is 5.91 Å². The molecule has 128 valence electrons. The highest BCUT2D eigenvalue weighted by atomic mass is 16.5. The molecule has 0 spiro atoms. The quantitative estimate of drug-likeness (QED) is 0.765. The number of nitrogens with zero attached hydrogens (tertiary/aromatic N) is 3. The molecule has 7 heteroatoms. The first-order valence-electron chi connectivity index (χ1n) is 8.38. The van der Waals surface area contributed by atoms with Crippen LogP contribution < -0.4 is 5.32 Å². The summed E-state index contributed by atoms with van der Waals surface area (Å²) >= 11 is 0. The van der Waals surface area contributed by atoms with E-state index in [1.54, 1.807) is 6.92 Å². The number of fused-ring (bicyclic) bond motifs is 1. The molecule has 0 radical (unpaired) electrons. The number of anilines is 1. The number of aromatic nitrogens is 4. The maximum atomic E-state index is 12.7. The number of amides is 1. The van der Waals surface area contributed by atoms with Gasteiger partial charge >= 0.3 is 0 Å². The summed E-state index contributed by atoms with van der Waals surface area (Å²) in [5.74, 6) is 1.37. The second-order valence-electron chi connectivity index (χ2n) is 6.55. The summed E-state index contributed by atoms with van der Waals surface area (Å²) in [6.07, 6.45) is 2.96. The van der Waals surface area contributed by atoms with Gasteiger partial charge < -0.3 is 9.84 Å². The Labute approximate surface area is 144 Å². The Kier molecular flexibility index (Phi) is 3.83. The molecule has 0 saturated carbocycles. The van der Waals surface area contributed by atoms with Crippen molar-refractivity contribution in [2.24, 2.45) is 5.92 Å². The number of rotatable bonds is 3. The molecule has 1 atom stereocenters. The molecule has 3 aromatic rings. The Balaban J connectivity index is 1.57. The maximum absolute atomic E-state index is 12.7. The fraction of sp³-hybridized carbons (Fsp3) is 0.333. The van der Waals surface area contributed by atoms with Crippen LogP contribution in [0, 0.1) is 12.8 Å². The molecule has 0 aliphatic heterocycles. The molecular formula is C18H19N5O2. The highest BCUT2D eigenvalue weighted by Gasteiger charge is 2.24. The second-order valence-corrected chi connectivity index (χ2v) is 6.55. The molecule has 1 aliphatic rings. The van der Waals surface area contributed by atoms with Crippen molar-refractivity contribution in [1.29, 1.82) is 0 Å². The van der Waals surface area contributed by atoms with E-state index >= 15 is 0 Å². The number of nitrogens with one attached hydrogen (secondary N) is 2. The second kappa shape index (κ2) is 6.16. The first-order chi connectivity index (χ1) is 12.1. The Morgan fingerprint density at radius 1 is 1.40 bits per heavy atom. The van der Waals surface area contributed by atoms with E-state index in [4.69, 9.17) is 4.52 Å².